The smallest absolute Gasteiger partial charge is 0.175 e. The second-order valence-electron chi connectivity index (χ2n) is 1.85. The molecular formula is C5H9N3O. The largest absolute Gasteiger partial charge is 0.296 e. The summed E-state index contributed by atoms with van der Waals surface area (Å²) in [7, 11) is 1.75. The van der Waals surface area contributed by atoms with E-state index in [4.69, 9.17) is 0 Å². The van der Waals surface area contributed by atoms with Crippen molar-refractivity contribution >= 4 is 12.1 Å². The Morgan fingerprint density at radius 3 is 3.11 bits per heavy atom. The first-order chi connectivity index (χ1) is 4.33. The van der Waals surface area contributed by atoms with Gasteiger partial charge >= 0.3 is 0 Å². The van der Waals surface area contributed by atoms with E-state index in [-0.39, 0.29) is 5.78 Å². The normalized spacial score (nSPS) is 18.8. The minimum absolute atomic E-state index is 0.145. The summed E-state index contributed by atoms with van der Waals surface area (Å²) in [6.07, 6.45) is 1.63. The predicted octanol–water partition coefficient (Wildman–Crippen LogP) is -0.966. The topological polar surface area (TPSA) is 44.7 Å². The zero-order valence-corrected chi connectivity index (χ0v) is 5.29. The maximum atomic E-state index is 10.6. The lowest BCUT2D eigenvalue weighted by molar-refractivity contribution is -0.118. The third-order valence-corrected chi connectivity index (χ3v) is 1.12. The molecule has 0 aromatic heterocycles. The molecule has 1 rings (SSSR count). The molecule has 0 aliphatic carbocycles. The third-order valence-electron chi connectivity index (χ3n) is 1.12. The molecule has 0 saturated heterocycles. The molecule has 0 aromatic rings. The molecular weight excluding hydrogens is 118 g/mol. The van der Waals surface area contributed by atoms with Gasteiger partial charge in [0.2, 0.25) is 0 Å². The molecule has 0 fully saturated rings. The van der Waals surface area contributed by atoms with Crippen LogP contribution in [0.3, 0.4) is 0 Å². The van der Waals surface area contributed by atoms with Gasteiger partial charge in [0.25, 0.3) is 0 Å². The lowest BCUT2D eigenvalue weighted by atomic mass is 10.4. The van der Waals surface area contributed by atoms with Gasteiger partial charge in [-0.2, -0.15) is 0 Å². The number of hydrazine groups is 1. The molecule has 1 aliphatic rings. The van der Waals surface area contributed by atoms with Crippen LogP contribution in [0.2, 0.25) is 0 Å². The lowest BCUT2D eigenvalue weighted by Crippen LogP contribution is -2.41. The van der Waals surface area contributed by atoms with Crippen LogP contribution in [0.15, 0.2) is 4.99 Å². The van der Waals surface area contributed by atoms with E-state index in [0.29, 0.717) is 13.1 Å². The minimum atomic E-state index is 0.145. The summed E-state index contributed by atoms with van der Waals surface area (Å²) < 4.78 is 0. The molecule has 4 heteroatoms. The SMILES string of the molecule is CNN1C=NCC(=O)C1. The third kappa shape index (κ3) is 1.50. The summed E-state index contributed by atoms with van der Waals surface area (Å²) in [5.41, 5.74) is 2.80. The summed E-state index contributed by atoms with van der Waals surface area (Å²) >= 11 is 0. The van der Waals surface area contributed by atoms with Crippen LogP contribution in [0.25, 0.3) is 0 Å². The zero-order chi connectivity index (χ0) is 6.69. The summed E-state index contributed by atoms with van der Waals surface area (Å²) in [5.74, 6) is 0.145. The molecule has 4 nitrogen and oxygen atoms in total. The van der Waals surface area contributed by atoms with Gasteiger partial charge in [0, 0.05) is 7.05 Å². The summed E-state index contributed by atoms with van der Waals surface area (Å²) in [5, 5.41) is 1.64. The van der Waals surface area contributed by atoms with Crippen molar-refractivity contribution in [3.8, 4) is 0 Å². The first kappa shape index (κ1) is 6.22. The Morgan fingerprint density at radius 1 is 1.89 bits per heavy atom. The van der Waals surface area contributed by atoms with Crippen LogP contribution in [-0.4, -0.2) is 37.3 Å². The Bertz CT molecular complexity index is 143. The highest BCUT2D eigenvalue weighted by Gasteiger charge is 2.08. The number of nitrogens with zero attached hydrogens (tertiary/aromatic N) is 2. The number of carbonyl (C=O) groups is 1. The van der Waals surface area contributed by atoms with E-state index in [9.17, 15) is 4.79 Å². The maximum absolute atomic E-state index is 10.6. The van der Waals surface area contributed by atoms with Crippen molar-refractivity contribution < 1.29 is 4.79 Å². The van der Waals surface area contributed by atoms with Crippen molar-refractivity contribution in [3.05, 3.63) is 0 Å². The van der Waals surface area contributed by atoms with E-state index in [2.05, 4.69) is 10.4 Å². The van der Waals surface area contributed by atoms with Crippen molar-refractivity contribution in [3.63, 3.8) is 0 Å². The molecule has 1 heterocycles. The molecule has 0 spiro atoms. The quantitative estimate of drug-likeness (QED) is 0.493. The van der Waals surface area contributed by atoms with E-state index >= 15 is 0 Å². The van der Waals surface area contributed by atoms with Gasteiger partial charge in [-0.3, -0.25) is 14.8 Å². The number of aliphatic imine (C=N–C) groups is 1. The van der Waals surface area contributed by atoms with E-state index in [1.54, 1.807) is 18.4 Å². The van der Waals surface area contributed by atoms with Crippen molar-refractivity contribution in [2.24, 2.45) is 4.99 Å². The van der Waals surface area contributed by atoms with Crippen LogP contribution in [-0.2, 0) is 4.79 Å². The molecule has 0 radical (unpaired) electrons. The van der Waals surface area contributed by atoms with Gasteiger partial charge in [0.05, 0.1) is 6.54 Å². The van der Waals surface area contributed by atoms with E-state index < -0.39 is 0 Å². The number of carbonyl (C=O) groups excluding carboxylic acids is 1. The van der Waals surface area contributed by atoms with Crippen LogP contribution in [0.5, 0.6) is 0 Å². The van der Waals surface area contributed by atoms with E-state index in [0.717, 1.165) is 0 Å². The van der Waals surface area contributed by atoms with Gasteiger partial charge in [-0.05, 0) is 0 Å². The number of nitrogens with one attached hydrogen (secondary N) is 1. The molecule has 9 heavy (non-hydrogen) atoms. The van der Waals surface area contributed by atoms with Gasteiger partial charge in [-0.25, -0.2) is 5.43 Å². The second-order valence-corrected chi connectivity index (χ2v) is 1.85. The Balaban J connectivity index is 2.49. The lowest BCUT2D eigenvalue weighted by Gasteiger charge is -2.19. The number of hydrogen-bond acceptors (Lipinski definition) is 4. The first-order valence-electron chi connectivity index (χ1n) is 2.78. The van der Waals surface area contributed by atoms with Gasteiger partial charge in [-0.1, -0.05) is 0 Å². The first-order valence-corrected chi connectivity index (χ1v) is 2.78. The van der Waals surface area contributed by atoms with E-state index in [1.807, 2.05) is 0 Å². The fourth-order valence-electron chi connectivity index (χ4n) is 0.659. The molecule has 1 N–H and O–H groups in total. The van der Waals surface area contributed by atoms with Crippen LogP contribution < -0.4 is 5.43 Å². The van der Waals surface area contributed by atoms with Crippen LogP contribution in [0.1, 0.15) is 0 Å². The number of hydrogen-bond donors (Lipinski definition) is 1. The highest BCUT2D eigenvalue weighted by atomic mass is 16.1. The maximum Gasteiger partial charge on any atom is 0.175 e. The van der Waals surface area contributed by atoms with E-state index in [1.165, 1.54) is 0 Å². The van der Waals surface area contributed by atoms with Crippen molar-refractivity contribution in [1.82, 2.24) is 10.4 Å². The summed E-state index contributed by atoms with van der Waals surface area (Å²) in [4.78, 5) is 14.4. The Hall–Kier alpha value is -0.900. The van der Waals surface area contributed by atoms with Crippen molar-refractivity contribution in [2.45, 2.75) is 0 Å². The van der Waals surface area contributed by atoms with Gasteiger partial charge < -0.3 is 0 Å². The minimum Gasteiger partial charge on any atom is -0.296 e. The van der Waals surface area contributed by atoms with Crippen LogP contribution >= 0.6 is 0 Å². The Kier molecular flexibility index (Phi) is 1.79. The number of ketones is 1. The van der Waals surface area contributed by atoms with Crippen LogP contribution in [0.4, 0.5) is 0 Å². The fourth-order valence-corrected chi connectivity index (χ4v) is 0.659. The molecule has 0 amide bonds. The Morgan fingerprint density at radius 2 is 2.67 bits per heavy atom. The standard InChI is InChI=1S/C5H9N3O/c1-6-8-3-5(9)2-7-4-8/h4,6H,2-3H2,1H3. The van der Waals surface area contributed by atoms with Gasteiger partial charge in [0.15, 0.2) is 5.78 Å². The molecule has 1 aliphatic heterocycles. The Labute approximate surface area is 53.5 Å². The molecule has 0 bridgehead atoms. The fraction of sp³-hybridized carbons (Fsp3) is 0.600. The molecule has 0 aromatic carbocycles. The zero-order valence-electron chi connectivity index (χ0n) is 5.29. The monoisotopic (exact) mass is 127 g/mol. The highest BCUT2D eigenvalue weighted by molar-refractivity contribution is 5.87. The van der Waals surface area contributed by atoms with Gasteiger partial charge in [0.1, 0.15) is 12.9 Å². The molecule has 0 saturated carbocycles. The number of rotatable bonds is 1. The van der Waals surface area contributed by atoms with Crippen molar-refractivity contribution in [2.75, 3.05) is 20.1 Å². The van der Waals surface area contributed by atoms with Gasteiger partial charge in [-0.15, -0.1) is 0 Å². The highest BCUT2D eigenvalue weighted by Crippen LogP contribution is 1.86. The predicted molar refractivity (Wildman–Crippen MR) is 34.1 cm³/mol. The average Bonchev–Trinajstić information content (AvgIpc) is 1.88. The second kappa shape index (κ2) is 2.59. The summed E-state index contributed by atoms with van der Waals surface area (Å²) in [6, 6.07) is 0. The van der Waals surface area contributed by atoms with Crippen molar-refractivity contribution in [1.29, 1.82) is 0 Å². The summed E-state index contributed by atoms with van der Waals surface area (Å²) in [6.45, 7) is 0.762. The average molecular weight is 127 g/mol. The molecule has 0 unspecified atom stereocenters. The molecule has 0 atom stereocenters. The molecule has 50 valence electrons. The number of Topliss-reactive ketones (excluding diaryl/α,β-unsaturated/α-hetero) is 1. The van der Waals surface area contributed by atoms with Crippen LogP contribution in [0, 0.1) is 0 Å².